The van der Waals surface area contributed by atoms with Crippen LogP contribution >= 0.6 is 0 Å². The fourth-order valence-corrected chi connectivity index (χ4v) is 2.04. The molecule has 0 fully saturated rings. The summed E-state index contributed by atoms with van der Waals surface area (Å²) in [6.07, 6.45) is 0.608. The van der Waals surface area contributed by atoms with Crippen molar-refractivity contribution in [3.8, 4) is 0 Å². The summed E-state index contributed by atoms with van der Waals surface area (Å²) in [6.45, 7) is 3.43. The number of carbonyl (C=O) groups is 2. The first-order chi connectivity index (χ1) is 10.4. The first-order valence-corrected chi connectivity index (χ1v) is 6.98. The normalized spacial score (nSPS) is 11.9. The number of carboxylic acid groups (broad SMARTS) is 1. The van der Waals surface area contributed by atoms with E-state index in [0.717, 1.165) is 5.56 Å². The van der Waals surface area contributed by atoms with Gasteiger partial charge in [-0.3, -0.25) is 9.59 Å². The summed E-state index contributed by atoms with van der Waals surface area (Å²) < 4.78 is 4.91. The van der Waals surface area contributed by atoms with E-state index in [4.69, 9.17) is 9.63 Å². The average Bonchev–Trinajstić information content (AvgIpc) is 2.86. The van der Waals surface area contributed by atoms with Crippen LogP contribution in [0.25, 0.3) is 0 Å². The summed E-state index contributed by atoms with van der Waals surface area (Å²) in [5.74, 6) is -0.768. The minimum absolute atomic E-state index is 0.148. The second-order valence-corrected chi connectivity index (χ2v) is 5.29. The highest BCUT2D eigenvalue weighted by atomic mass is 16.5. The molecular weight excluding hydrogens is 284 g/mol. The molecule has 2 rings (SSSR count). The van der Waals surface area contributed by atoms with Crippen LogP contribution in [0.5, 0.6) is 0 Å². The molecule has 2 aromatic rings. The molecule has 2 N–H and O–H groups in total. The zero-order valence-electron chi connectivity index (χ0n) is 12.5. The summed E-state index contributed by atoms with van der Waals surface area (Å²) in [5, 5.41) is 15.4. The highest BCUT2D eigenvalue weighted by Crippen LogP contribution is 2.14. The zero-order chi connectivity index (χ0) is 16.1. The van der Waals surface area contributed by atoms with E-state index in [1.165, 1.54) is 0 Å². The van der Waals surface area contributed by atoms with Gasteiger partial charge in [-0.15, -0.1) is 0 Å². The van der Waals surface area contributed by atoms with Gasteiger partial charge in [0.2, 0.25) is 5.91 Å². The summed E-state index contributed by atoms with van der Waals surface area (Å²) in [5.41, 5.74) is 2.17. The van der Waals surface area contributed by atoms with Gasteiger partial charge in [0, 0.05) is 11.8 Å². The molecule has 0 saturated heterocycles. The number of aliphatic carboxylic acids is 1. The Bertz CT molecular complexity index is 661. The molecule has 22 heavy (non-hydrogen) atoms. The lowest BCUT2D eigenvalue weighted by Crippen LogP contribution is -2.15. The van der Waals surface area contributed by atoms with E-state index in [1.54, 1.807) is 32.0 Å². The fourth-order valence-electron chi connectivity index (χ4n) is 2.04. The summed E-state index contributed by atoms with van der Waals surface area (Å²) in [6, 6.07) is 8.87. The Morgan fingerprint density at radius 3 is 2.55 bits per heavy atom. The van der Waals surface area contributed by atoms with Gasteiger partial charge >= 0.3 is 5.97 Å². The Hall–Kier alpha value is -2.63. The van der Waals surface area contributed by atoms with Crippen molar-refractivity contribution in [1.82, 2.24) is 5.16 Å². The Labute approximate surface area is 128 Å². The van der Waals surface area contributed by atoms with Crippen molar-refractivity contribution >= 4 is 17.6 Å². The molecule has 1 aromatic heterocycles. The predicted octanol–water partition coefficient (Wildman–Crippen LogP) is 2.43. The molecule has 1 amide bonds. The lowest BCUT2D eigenvalue weighted by atomic mass is 10.0. The number of aromatic nitrogens is 1. The van der Waals surface area contributed by atoms with Crippen molar-refractivity contribution in [2.75, 3.05) is 5.32 Å². The van der Waals surface area contributed by atoms with Gasteiger partial charge in [0.1, 0.15) is 5.76 Å². The third-order valence-corrected chi connectivity index (χ3v) is 3.22. The van der Waals surface area contributed by atoms with Gasteiger partial charge < -0.3 is 14.9 Å². The molecule has 6 nitrogen and oxygen atoms in total. The topological polar surface area (TPSA) is 92.4 Å². The third kappa shape index (κ3) is 4.44. The van der Waals surface area contributed by atoms with E-state index in [9.17, 15) is 9.59 Å². The van der Waals surface area contributed by atoms with E-state index in [0.29, 0.717) is 23.6 Å². The smallest absolute Gasteiger partial charge is 0.306 e. The van der Waals surface area contributed by atoms with Crippen LogP contribution in [0.3, 0.4) is 0 Å². The van der Waals surface area contributed by atoms with Crippen LogP contribution < -0.4 is 5.32 Å². The Morgan fingerprint density at radius 1 is 1.32 bits per heavy atom. The number of nitrogens with one attached hydrogen (secondary N) is 1. The molecule has 0 aliphatic carbocycles. The molecule has 0 radical (unpaired) electrons. The van der Waals surface area contributed by atoms with Gasteiger partial charge in [-0.25, -0.2) is 0 Å². The van der Waals surface area contributed by atoms with Crippen LogP contribution in [0, 0.1) is 12.8 Å². The van der Waals surface area contributed by atoms with Crippen molar-refractivity contribution in [3.63, 3.8) is 0 Å². The molecular formula is C16H18N2O4. The SMILES string of the molecule is Cc1cc(CC(=O)Nc2ccc(C[C@@H](C)C(=O)O)cc2)no1. The maximum atomic E-state index is 11.9. The van der Waals surface area contributed by atoms with E-state index in [2.05, 4.69) is 10.5 Å². The second-order valence-electron chi connectivity index (χ2n) is 5.29. The van der Waals surface area contributed by atoms with E-state index in [-0.39, 0.29) is 12.3 Å². The molecule has 116 valence electrons. The maximum absolute atomic E-state index is 11.9. The third-order valence-electron chi connectivity index (χ3n) is 3.22. The van der Waals surface area contributed by atoms with Crippen LogP contribution in [0.2, 0.25) is 0 Å². The first-order valence-electron chi connectivity index (χ1n) is 6.98. The van der Waals surface area contributed by atoms with Crippen LogP contribution in [-0.2, 0) is 22.4 Å². The summed E-state index contributed by atoms with van der Waals surface area (Å²) in [7, 11) is 0. The summed E-state index contributed by atoms with van der Waals surface area (Å²) in [4.78, 5) is 22.7. The lowest BCUT2D eigenvalue weighted by Gasteiger charge is -2.08. The van der Waals surface area contributed by atoms with Crippen LogP contribution in [0.4, 0.5) is 5.69 Å². The molecule has 0 bridgehead atoms. The second kappa shape index (κ2) is 6.89. The van der Waals surface area contributed by atoms with E-state index >= 15 is 0 Å². The van der Waals surface area contributed by atoms with Gasteiger partial charge in [-0.2, -0.15) is 0 Å². The van der Waals surface area contributed by atoms with Gasteiger partial charge in [-0.1, -0.05) is 24.2 Å². The number of nitrogens with zero attached hydrogens (tertiary/aromatic N) is 1. The van der Waals surface area contributed by atoms with Crippen LogP contribution in [0.15, 0.2) is 34.9 Å². The average molecular weight is 302 g/mol. The van der Waals surface area contributed by atoms with Crippen molar-refractivity contribution in [1.29, 1.82) is 0 Å². The minimum Gasteiger partial charge on any atom is -0.481 e. The lowest BCUT2D eigenvalue weighted by molar-refractivity contribution is -0.141. The van der Waals surface area contributed by atoms with Crippen molar-refractivity contribution in [2.24, 2.45) is 5.92 Å². The van der Waals surface area contributed by atoms with E-state index < -0.39 is 11.9 Å². The molecule has 0 aliphatic heterocycles. The number of anilines is 1. The monoisotopic (exact) mass is 302 g/mol. The highest BCUT2D eigenvalue weighted by molar-refractivity contribution is 5.92. The molecule has 1 aromatic carbocycles. The molecule has 0 unspecified atom stereocenters. The Morgan fingerprint density at radius 2 is 2.00 bits per heavy atom. The van der Waals surface area contributed by atoms with Gasteiger partial charge in [0.15, 0.2) is 0 Å². The summed E-state index contributed by atoms with van der Waals surface area (Å²) >= 11 is 0. The predicted molar refractivity (Wildman–Crippen MR) is 80.5 cm³/mol. The maximum Gasteiger partial charge on any atom is 0.306 e. The van der Waals surface area contributed by atoms with E-state index in [1.807, 2.05) is 12.1 Å². The van der Waals surface area contributed by atoms with Gasteiger partial charge in [-0.05, 0) is 31.0 Å². The number of hydrogen-bond acceptors (Lipinski definition) is 4. The number of amides is 1. The number of carbonyl (C=O) groups excluding carboxylic acids is 1. The van der Waals surface area contributed by atoms with Crippen LogP contribution in [-0.4, -0.2) is 22.1 Å². The fraction of sp³-hybridized carbons (Fsp3) is 0.312. The Kier molecular flexibility index (Phi) is 4.93. The number of aryl methyl sites for hydroxylation is 1. The first kappa shape index (κ1) is 15.8. The highest BCUT2D eigenvalue weighted by Gasteiger charge is 2.12. The molecule has 0 saturated carbocycles. The zero-order valence-corrected chi connectivity index (χ0v) is 12.5. The number of benzene rings is 1. The molecule has 6 heteroatoms. The minimum atomic E-state index is -0.819. The number of carboxylic acids is 1. The molecule has 1 atom stereocenters. The standard InChI is InChI=1S/C16H18N2O4/c1-10(16(20)21)7-12-3-5-13(6-4-12)17-15(19)9-14-8-11(2)22-18-14/h3-6,8,10H,7,9H2,1-2H3,(H,17,19)(H,20,21)/t10-/m1/s1. The number of hydrogen-bond donors (Lipinski definition) is 2. The quantitative estimate of drug-likeness (QED) is 0.855. The molecule has 0 aliphatic rings. The van der Waals surface area contributed by atoms with Crippen molar-refractivity contribution < 1.29 is 19.2 Å². The van der Waals surface area contributed by atoms with Crippen LogP contribution in [0.1, 0.15) is 23.9 Å². The Balaban J connectivity index is 1.90. The molecule has 0 spiro atoms. The van der Waals surface area contributed by atoms with Gasteiger partial charge in [0.25, 0.3) is 0 Å². The largest absolute Gasteiger partial charge is 0.481 e. The van der Waals surface area contributed by atoms with Crippen molar-refractivity contribution in [2.45, 2.75) is 26.7 Å². The van der Waals surface area contributed by atoms with Gasteiger partial charge in [0.05, 0.1) is 18.0 Å². The van der Waals surface area contributed by atoms with Crippen molar-refractivity contribution in [3.05, 3.63) is 47.3 Å². The molecule has 1 heterocycles. The number of rotatable bonds is 6.